The Morgan fingerprint density at radius 1 is 1.14 bits per heavy atom. The lowest BCUT2D eigenvalue weighted by Crippen LogP contribution is -2.50. The molecule has 0 amide bonds. The molecule has 0 unspecified atom stereocenters. The molecule has 11 heteroatoms. The number of aromatic nitrogens is 5. The van der Waals surface area contributed by atoms with E-state index < -0.39 is 0 Å². The second-order valence-corrected chi connectivity index (χ2v) is 11.1. The van der Waals surface area contributed by atoms with Gasteiger partial charge in [-0.1, -0.05) is 17.7 Å². The summed E-state index contributed by atoms with van der Waals surface area (Å²) >= 11 is 8.01. The first-order valence-corrected chi connectivity index (χ1v) is 13.5. The van der Waals surface area contributed by atoms with E-state index in [-0.39, 0.29) is 17.6 Å². The number of rotatable bonds is 5. The monoisotopic (exact) mass is 537 g/mol. The van der Waals surface area contributed by atoms with Crippen molar-refractivity contribution in [3.05, 3.63) is 53.8 Å². The molecule has 0 radical (unpaired) electrons. The quantitative estimate of drug-likeness (QED) is 0.363. The number of hydrogen-bond acceptors (Lipinski definition) is 9. The van der Waals surface area contributed by atoms with Gasteiger partial charge in [0, 0.05) is 48.8 Å². The molecule has 2 atom stereocenters. The third kappa shape index (κ3) is 4.74. The van der Waals surface area contributed by atoms with Crippen LogP contribution in [0.25, 0.3) is 11.0 Å². The number of benzene rings is 1. The van der Waals surface area contributed by atoms with Gasteiger partial charge < -0.3 is 20.1 Å². The summed E-state index contributed by atoms with van der Waals surface area (Å²) in [7, 11) is 1.83. The second kappa shape index (κ2) is 9.75. The maximum Gasteiger partial charge on any atom is 0.238 e. The predicted molar refractivity (Wildman–Crippen MR) is 143 cm³/mol. The standard InChI is InChI=1S/C26H28ClN7O2S/c1-16-24(28)26(15-35-16)9-12-34(13-10-26)21-7-6-17-18(30-21)14-29-25(31-17)37-20-5-3-4-19(23(20)27)36-22-8-11-33(2)32-22/h3-8,11,14,16,24H,9-10,12-13,15,28H2,1-2H3/t16-,24+/m0/s1. The van der Waals surface area contributed by atoms with Crippen LogP contribution in [-0.4, -0.2) is 56.6 Å². The van der Waals surface area contributed by atoms with Gasteiger partial charge in [-0.25, -0.2) is 15.0 Å². The Balaban J connectivity index is 1.16. The number of piperidine rings is 1. The molecule has 2 aliphatic heterocycles. The lowest BCUT2D eigenvalue weighted by molar-refractivity contribution is 0.0974. The van der Waals surface area contributed by atoms with E-state index in [4.69, 9.17) is 36.8 Å². The Hall–Kier alpha value is -2.92. The van der Waals surface area contributed by atoms with Crippen LogP contribution in [0.5, 0.6) is 11.6 Å². The van der Waals surface area contributed by atoms with E-state index in [0.29, 0.717) is 21.8 Å². The molecule has 2 aliphatic rings. The molecule has 2 N–H and O–H groups in total. The molecule has 0 aliphatic carbocycles. The highest BCUT2D eigenvalue weighted by Gasteiger charge is 2.47. The number of anilines is 1. The third-order valence-electron chi connectivity index (χ3n) is 7.36. The van der Waals surface area contributed by atoms with E-state index >= 15 is 0 Å². The topological polar surface area (TPSA) is 104 Å². The summed E-state index contributed by atoms with van der Waals surface area (Å²) in [5.41, 5.74) is 8.10. The van der Waals surface area contributed by atoms with Crippen molar-refractivity contribution in [2.45, 2.75) is 42.0 Å². The first-order chi connectivity index (χ1) is 17.9. The molecule has 3 aromatic heterocycles. The molecule has 1 spiro atoms. The summed E-state index contributed by atoms with van der Waals surface area (Å²) in [4.78, 5) is 17.2. The number of pyridine rings is 1. The van der Waals surface area contributed by atoms with E-state index in [1.54, 1.807) is 16.9 Å². The minimum Gasteiger partial charge on any atom is -0.436 e. The molecule has 2 fully saturated rings. The highest BCUT2D eigenvalue weighted by Crippen LogP contribution is 2.42. The number of fused-ring (bicyclic) bond motifs is 1. The summed E-state index contributed by atoms with van der Waals surface area (Å²) in [5, 5.41) is 5.32. The van der Waals surface area contributed by atoms with E-state index in [9.17, 15) is 0 Å². The van der Waals surface area contributed by atoms with Gasteiger partial charge in [-0.3, -0.25) is 4.68 Å². The molecule has 37 heavy (non-hydrogen) atoms. The smallest absolute Gasteiger partial charge is 0.238 e. The van der Waals surface area contributed by atoms with Crippen molar-refractivity contribution in [1.29, 1.82) is 0 Å². The van der Waals surface area contributed by atoms with Crippen LogP contribution in [0, 0.1) is 5.41 Å². The average molecular weight is 538 g/mol. The lowest BCUT2D eigenvalue weighted by atomic mass is 9.73. The van der Waals surface area contributed by atoms with Crippen molar-refractivity contribution in [1.82, 2.24) is 24.7 Å². The van der Waals surface area contributed by atoms with E-state index in [1.165, 1.54) is 11.8 Å². The zero-order chi connectivity index (χ0) is 25.6. The van der Waals surface area contributed by atoms with Crippen molar-refractivity contribution >= 4 is 40.2 Å². The Labute approximate surface area is 224 Å². The lowest BCUT2D eigenvalue weighted by Gasteiger charge is -2.41. The molecular formula is C26H28ClN7O2S. The summed E-state index contributed by atoms with van der Waals surface area (Å²) in [6.45, 7) is 4.65. The molecule has 4 aromatic rings. The first-order valence-electron chi connectivity index (χ1n) is 12.3. The summed E-state index contributed by atoms with van der Waals surface area (Å²) in [5.74, 6) is 1.95. The highest BCUT2D eigenvalue weighted by molar-refractivity contribution is 7.99. The van der Waals surface area contributed by atoms with Gasteiger partial charge in [0.1, 0.15) is 17.1 Å². The largest absolute Gasteiger partial charge is 0.436 e. The SMILES string of the molecule is C[C@@H]1OCC2(CCN(c3ccc4nc(Sc5cccc(Oc6ccn(C)n6)c5Cl)ncc4n3)CC2)[C@@H]1N. The predicted octanol–water partition coefficient (Wildman–Crippen LogP) is 4.69. The van der Waals surface area contributed by atoms with Gasteiger partial charge in [0.25, 0.3) is 0 Å². The maximum atomic E-state index is 6.63. The fraction of sp³-hybridized carbons (Fsp3) is 0.385. The molecule has 5 heterocycles. The van der Waals surface area contributed by atoms with Crippen molar-refractivity contribution in [3.8, 4) is 11.6 Å². The molecule has 1 aromatic carbocycles. The van der Waals surface area contributed by atoms with E-state index in [1.807, 2.05) is 43.6 Å². The normalized spacial score (nSPS) is 21.1. The molecule has 0 saturated carbocycles. The van der Waals surface area contributed by atoms with Crippen LogP contribution in [-0.2, 0) is 11.8 Å². The fourth-order valence-corrected chi connectivity index (χ4v) is 6.14. The van der Waals surface area contributed by atoms with Crippen molar-refractivity contribution < 1.29 is 9.47 Å². The van der Waals surface area contributed by atoms with Gasteiger partial charge in [-0.15, -0.1) is 5.10 Å². The van der Waals surface area contributed by atoms with Gasteiger partial charge in [-0.05, 0) is 55.8 Å². The molecule has 192 valence electrons. The molecule has 2 saturated heterocycles. The van der Waals surface area contributed by atoms with Crippen LogP contribution < -0.4 is 15.4 Å². The first kappa shape index (κ1) is 24.4. The second-order valence-electron chi connectivity index (χ2n) is 9.72. The minimum atomic E-state index is 0.0865. The third-order valence-corrected chi connectivity index (χ3v) is 8.80. The Kier molecular flexibility index (Phi) is 6.44. The van der Waals surface area contributed by atoms with Crippen LogP contribution in [0.4, 0.5) is 5.82 Å². The van der Waals surface area contributed by atoms with Crippen molar-refractivity contribution in [3.63, 3.8) is 0 Å². The number of nitrogens with zero attached hydrogens (tertiary/aromatic N) is 6. The highest BCUT2D eigenvalue weighted by atomic mass is 35.5. The molecule has 6 rings (SSSR count). The zero-order valence-corrected chi connectivity index (χ0v) is 22.2. The summed E-state index contributed by atoms with van der Waals surface area (Å²) < 4.78 is 13.4. The van der Waals surface area contributed by atoms with Gasteiger partial charge >= 0.3 is 0 Å². The van der Waals surface area contributed by atoms with E-state index in [2.05, 4.69) is 21.9 Å². The van der Waals surface area contributed by atoms with Gasteiger partial charge in [0.15, 0.2) is 5.16 Å². The zero-order valence-electron chi connectivity index (χ0n) is 20.7. The van der Waals surface area contributed by atoms with Crippen molar-refractivity contribution in [2.24, 2.45) is 18.2 Å². The van der Waals surface area contributed by atoms with Crippen LogP contribution in [0.2, 0.25) is 5.02 Å². The summed E-state index contributed by atoms with van der Waals surface area (Å²) in [6, 6.07) is 11.5. The molecule has 9 nitrogen and oxygen atoms in total. The number of halogens is 1. The number of nitrogens with two attached hydrogens (primary N) is 1. The molecular weight excluding hydrogens is 510 g/mol. The van der Waals surface area contributed by atoms with E-state index in [0.717, 1.165) is 54.3 Å². The van der Waals surface area contributed by atoms with Crippen LogP contribution in [0.15, 0.2) is 58.8 Å². The number of hydrogen-bond donors (Lipinski definition) is 1. The number of ether oxygens (including phenoxy) is 2. The maximum absolute atomic E-state index is 6.63. The minimum absolute atomic E-state index is 0.0865. The Morgan fingerprint density at radius 2 is 1.97 bits per heavy atom. The van der Waals surface area contributed by atoms with Gasteiger partial charge in [-0.2, -0.15) is 0 Å². The van der Waals surface area contributed by atoms with Crippen molar-refractivity contribution in [2.75, 3.05) is 24.6 Å². The Morgan fingerprint density at radius 3 is 2.70 bits per heavy atom. The van der Waals surface area contributed by atoms with Gasteiger partial charge in [0.2, 0.25) is 5.88 Å². The average Bonchev–Trinajstić information content (AvgIpc) is 3.44. The molecule has 0 bridgehead atoms. The number of aryl methyl sites for hydroxylation is 1. The Bertz CT molecular complexity index is 1440. The summed E-state index contributed by atoms with van der Waals surface area (Å²) in [6.07, 6.45) is 5.72. The fourth-order valence-electron chi connectivity index (χ4n) is 5.08. The van der Waals surface area contributed by atoms with Crippen LogP contribution >= 0.6 is 23.4 Å². The van der Waals surface area contributed by atoms with Crippen LogP contribution in [0.1, 0.15) is 19.8 Å². The van der Waals surface area contributed by atoms with Gasteiger partial charge in [0.05, 0.1) is 29.4 Å². The van der Waals surface area contributed by atoms with Crippen LogP contribution in [0.3, 0.4) is 0 Å².